The van der Waals surface area contributed by atoms with E-state index in [1.165, 1.54) is 7.11 Å². The first kappa shape index (κ1) is 14.9. The summed E-state index contributed by atoms with van der Waals surface area (Å²) in [6.07, 6.45) is 0.121. The van der Waals surface area contributed by atoms with E-state index in [0.29, 0.717) is 0 Å². The molecule has 0 fully saturated rings. The van der Waals surface area contributed by atoms with Crippen LogP contribution in [-0.4, -0.2) is 18.4 Å². The second-order valence-electron chi connectivity index (χ2n) is 3.85. The van der Waals surface area contributed by atoms with Crippen molar-refractivity contribution in [2.75, 3.05) is 7.11 Å². The lowest BCUT2D eigenvalue weighted by Crippen LogP contribution is -2.06. The number of methoxy groups -OCH3 is 1. The maximum Gasteiger partial charge on any atom is 0.213 e. The first-order chi connectivity index (χ1) is 9.92. The molecule has 0 N–H and O–H groups in total. The van der Waals surface area contributed by atoms with Crippen LogP contribution in [0.2, 0.25) is 0 Å². The van der Waals surface area contributed by atoms with E-state index in [1.54, 1.807) is 0 Å². The zero-order valence-corrected chi connectivity index (χ0v) is 10.4. The van der Waals surface area contributed by atoms with Gasteiger partial charge in [0.15, 0.2) is 29.6 Å². The quantitative estimate of drug-likeness (QED) is 0.378. The van der Waals surface area contributed by atoms with Crippen molar-refractivity contribution >= 4 is 6.29 Å². The van der Waals surface area contributed by atoms with Gasteiger partial charge in [-0.1, -0.05) is 0 Å². The lowest BCUT2D eigenvalue weighted by Gasteiger charge is -2.10. The summed E-state index contributed by atoms with van der Waals surface area (Å²) in [5, 5.41) is 0. The van der Waals surface area contributed by atoms with Gasteiger partial charge in [-0.3, -0.25) is 4.79 Å². The van der Waals surface area contributed by atoms with Crippen molar-refractivity contribution in [3.8, 4) is 17.0 Å². The Hall–Kier alpha value is -2.51. The van der Waals surface area contributed by atoms with Crippen LogP contribution in [0.3, 0.4) is 0 Å². The second kappa shape index (κ2) is 5.47. The summed E-state index contributed by atoms with van der Waals surface area (Å²) in [6.45, 7) is 0. The van der Waals surface area contributed by atoms with Gasteiger partial charge < -0.3 is 4.74 Å². The van der Waals surface area contributed by atoms with Crippen molar-refractivity contribution < 1.29 is 31.5 Å². The number of benzene rings is 1. The molecule has 1 aromatic heterocycles. The van der Waals surface area contributed by atoms with E-state index < -0.39 is 45.9 Å². The van der Waals surface area contributed by atoms with Crippen LogP contribution < -0.4 is 4.74 Å². The maximum atomic E-state index is 13.7. The van der Waals surface area contributed by atoms with Crippen LogP contribution in [0.4, 0.5) is 22.0 Å². The van der Waals surface area contributed by atoms with Crippen LogP contribution in [0.1, 0.15) is 10.5 Å². The molecule has 2 aromatic rings. The average molecular weight is 303 g/mol. The Morgan fingerprint density at radius 2 is 1.48 bits per heavy atom. The van der Waals surface area contributed by atoms with Gasteiger partial charge in [-0.2, -0.15) is 0 Å². The van der Waals surface area contributed by atoms with Crippen molar-refractivity contribution in [3.63, 3.8) is 0 Å². The highest BCUT2D eigenvalue weighted by Crippen LogP contribution is 2.33. The van der Waals surface area contributed by atoms with E-state index in [9.17, 15) is 26.7 Å². The number of hydrogen-bond donors (Lipinski definition) is 0. The third-order valence-corrected chi connectivity index (χ3v) is 2.70. The van der Waals surface area contributed by atoms with Gasteiger partial charge in [0.2, 0.25) is 11.7 Å². The lowest BCUT2D eigenvalue weighted by atomic mass is 10.0. The fraction of sp³-hybridized carbons (Fsp3) is 0.0769. The molecule has 0 saturated heterocycles. The minimum absolute atomic E-state index is 0.0512. The fourth-order valence-corrected chi connectivity index (χ4v) is 1.71. The summed E-state index contributed by atoms with van der Waals surface area (Å²) in [7, 11) is 1.23. The first-order valence-corrected chi connectivity index (χ1v) is 5.44. The number of rotatable bonds is 3. The Morgan fingerprint density at radius 3 is 1.95 bits per heavy atom. The third-order valence-electron chi connectivity index (χ3n) is 2.70. The summed E-state index contributed by atoms with van der Waals surface area (Å²) < 4.78 is 71.4. The summed E-state index contributed by atoms with van der Waals surface area (Å²) in [4.78, 5) is 14.5. The molecular weight excluding hydrogens is 297 g/mol. The fourth-order valence-electron chi connectivity index (χ4n) is 1.71. The van der Waals surface area contributed by atoms with Crippen molar-refractivity contribution in [3.05, 3.63) is 46.9 Å². The van der Waals surface area contributed by atoms with Gasteiger partial charge in [0.05, 0.1) is 12.7 Å². The average Bonchev–Trinajstić information content (AvgIpc) is 2.51. The van der Waals surface area contributed by atoms with Crippen LogP contribution in [0.25, 0.3) is 11.1 Å². The number of hydrogen-bond acceptors (Lipinski definition) is 3. The zero-order valence-electron chi connectivity index (χ0n) is 10.4. The number of halogens is 5. The number of carbonyl (C=O) groups is 1. The molecule has 0 aliphatic carbocycles. The summed E-state index contributed by atoms with van der Waals surface area (Å²) in [6, 6.07) is 2.11. The molecule has 0 aliphatic rings. The van der Waals surface area contributed by atoms with Crippen molar-refractivity contribution in [1.82, 2.24) is 4.98 Å². The molecule has 0 spiro atoms. The van der Waals surface area contributed by atoms with E-state index in [2.05, 4.69) is 4.98 Å². The Morgan fingerprint density at radius 1 is 0.952 bits per heavy atom. The molecule has 1 aromatic carbocycles. The van der Waals surface area contributed by atoms with Crippen LogP contribution in [0, 0.1) is 29.1 Å². The Balaban J connectivity index is 2.82. The predicted molar refractivity (Wildman–Crippen MR) is 61.4 cm³/mol. The summed E-state index contributed by atoms with van der Waals surface area (Å²) >= 11 is 0. The monoisotopic (exact) mass is 303 g/mol. The molecule has 8 heteroatoms. The second-order valence-corrected chi connectivity index (χ2v) is 3.85. The van der Waals surface area contributed by atoms with Gasteiger partial charge in [-0.05, 0) is 6.07 Å². The van der Waals surface area contributed by atoms with E-state index >= 15 is 0 Å². The Labute approximate surface area is 115 Å². The van der Waals surface area contributed by atoms with Crippen LogP contribution in [0.5, 0.6) is 5.88 Å². The molecule has 0 saturated carbocycles. The standard InChI is InChI=1S/C13H6F5NO2/c1-21-7-3-2-5(6(4-20)19-7)8-9(14)11(16)13(18)12(17)10(8)15/h2-4H,1H3. The van der Waals surface area contributed by atoms with Gasteiger partial charge >= 0.3 is 0 Å². The molecule has 3 nitrogen and oxygen atoms in total. The number of aldehydes is 1. The third kappa shape index (κ3) is 2.32. The molecule has 21 heavy (non-hydrogen) atoms. The largest absolute Gasteiger partial charge is 0.481 e. The van der Waals surface area contributed by atoms with Gasteiger partial charge in [0.25, 0.3) is 0 Å². The molecule has 110 valence electrons. The highest BCUT2D eigenvalue weighted by molar-refractivity contribution is 5.85. The Bertz CT molecular complexity index is 704. The van der Waals surface area contributed by atoms with Gasteiger partial charge in [0.1, 0.15) is 5.69 Å². The van der Waals surface area contributed by atoms with Crippen molar-refractivity contribution in [2.24, 2.45) is 0 Å². The molecule has 0 radical (unpaired) electrons. The molecule has 0 atom stereocenters. The molecule has 0 amide bonds. The highest BCUT2D eigenvalue weighted by Gasteiger charge is 2.28. The Kier molecular flexibility index (Phi) is 3.88. The molecule has 0 aliphatic heterocycles. The smallest absolute Gasteiger partial charge is 0.213 e. The van der Waals surface area contributed by atoms with Crippen molar-refractivity contribution in [1.29, 1.82) is 0 Å². The van der Waals surface area contributed by atoms with Crippen LogP contribution in [0.15, 0.2) is 12.1 Å². The molecule has 1 heterocycles. The number of nitrogens with zero attached hydrogens (tertiary/aromatic N) is 1. The summed E-state index contributed by atoms with van der Waals surface area (Å²) in [5.41, 5.74) is -2.26. The SMILES string of the molecule is COc1ccc(-c2c(F)c(F)c(F)c(F)c2F)c(C=O)n1. The first-order valence-electron chi connectivity index (χ1n) is 5.44. The number of pyridine rings is 1. The normalized spacial score (nSPS) is 10.6. The van der Waals surface area contributed by atoms with E-state index in [-0.39, 0.29) is 12.2 Å². The number of carbonyl (C=O) groups excluding carboxylic acids is 1. The van der Waals surface area contributed by atoms with Gasteiger partial charge in [0, 0.05) is 11.6 Å². The summed E-state index contributed by atoms with van der Waals surface area (Å²) in [5.74, 6) is -10.6. The predicted octanol–water partition coefficient (Wildman–Crippen LogP) is 3.27. The van der Waals surface area contributed by atoms with Crippen molar-refractivity contribution in [2.45, 2.75) is 0 Å². The van der Waals surface area contributed by atoms with E-state index in [0.717, 1.165) is 12.1 Å². The molecule has 2 rings (SSSR count). The minimum Gasteiger partial charge on any atom is -0.481 e. The lowest BCUT2D eigenvalue weighted by molar-refractivity contribution is 0.111. The topological polar surface area (TPSA) is 39.2 Å². The van der Waals surface area contributed by atoms with Gasteiger partial charge in [-0.25, -0.2) is 26.9 Å². The molecule has 0 bridgehead atoms. The molecular formula is C13H6F5NO2. The maximum absolute atomic E-state index is 13.7. The van der Waals surface area contributed by atoms with Crippen LogP contribution >= 0.6 is 0 Å². The highest BCUT2D eigenvalue weighted by atomic mass is 19.2. The minimum atomic E-state index is -2.28. The van der Waals surface area contributed by atoms with E-state index in [4.69, 9.17) is 4.74 Å². The zero-order chi connectivity index (χ0) is 15.7. The van der Waals surface area contributed by atoms with Crippen LogP contribution in [-0.2, 0) is 0 Å². The molecule has 0 unspecified atom stereocenters. The number of ether oxygens (including phenoxy) is 1. The van der Waals surface area contributed by atoms with Gasteiger partial charge in [-0.15, -0.1) is 0 Å². The van der Waals surface area contributed by atoms with E-state index in [1.807, 2.05) is 0 Å². The number of aromatic nitrogens is 1.